The van der Waals surface area contributed by atoms with Gasteiger partial charge in [0.25, 0.3) is 5.91 Å². The lowest BCUT2D eigenvalue weighted by Gasteiger charge is -2.26. The van der Waals surface area contributed by atoms with E-state index in [1.807, 2.05) is 35.2 Å². The highest BCUT2D eigenvalue weighted by atomic mass is 32.1. The first-order valence-electron chi connectivity index (χ1n) is 7.56. The molecule has 3 heterocycles. The maximum absolute atomic E-state index is 12.5. The summed E-state index contributed by atoms with van der Waals surface area (Å²) in [6, 6.07) is 12.1. The summed E-state index contributed by atoms with van der Waals surface area (Å²) < 4.78 is 1.19. The molecule has 0 atom stereocenters. The first kappa shape index (κ1) is 13.9. The molecule has 3 nitrogen and oxygen atoms in total. The number of likely N-dealkylation sites (tertiary alicyclic amines) is 1. The lowest BCUT2D eigenvalue weighted by Crippen LogP contribution is -2.35. The van der Waals surface area contributed by atoms with Gasteiger partial charge in [0.2, 0.25) is 0 Å². The smallest absolute Gasteiger partial charge is 0.263 e. The van der Waals surface area contributed by atoms with E-state index in [4.69, 9.17) is 0 Å². The lowest BCUT2D eigenvalue weighted by molar-refractivity contribution is 0.0729. The minimum atomic E-state index is 0.178. The third-order valence-corrected chi connectivity index (χ3v) is 6.24. The molecule has 22 heavy (non-hydrogen) atoms. The van der Waals surface area contributed by atoms with E-state index < -0.39 is 0 Å². The van der Waals surface area contributed by atoms with Gasteiger partial charge in [-0.3, -0.25) is 4.79 Å². The first-order valence-corrected chi connectivity index (χ1v) is 9.19. The first-order chi connectivity index (χ1) is 10.8. The van der Waals surface area contributed by atoms with E-state index in [1.54, 1.807) is 22.7 Å². The number of benzene rings is 1. The van der Waals surface area contributed by atoms with Crippen molar-refractivity contribution in [3.8, 4) is 9.88 Å². The molecule has 1 saturated heterocycles. The Balaban J connectivity index is 1.61. The Hall–Kier alpha value is -1.72. The Bertz CT molecular complexity index is 782. The topological polar surface area (TPSA) is 33.2 Å². The van der Waals surface area contributed by atoms with Gasteiger partial charge in [-0.15, -0.1) is 22.7 Å². The minimum absolute atomic E-state index is 0.178. The molecule has 2 aromatic heterocycles. The fourth-order valence-electron chi connectivity index (χ4n) is 2.80. The van der Waals surface area contributed by atoms with Crippen molar-refractivity contribution in [3.05, 3.63) is 41.3 Å². The fourth-order valence-corrected chi connectivity index (χ4v) is 4.79. The van der Waals surface area contributed by atoms with Crippen molar-refractivity contribution in [1.82, 2.24) is 9.88 Å². The van der Waals surface area contributed by atoms with Crippen molar-refractivity contribution in [1.29, 1.82) is 0 Å². The lowest BCUT2D eigenvalue weighted by atomic mass is 10.1. The zero-order valence-electron chi connectivity index (χ0n) is 12.1. The van der Waals surface area contributed by atoms with Crippen LogP contribution in [-0.4, -0.2) is 28.9 Å². The summed E-state index contributed by atoms with van der Waals surface area (Å²) in [6.07, 6.45) is 3.49. The highest BCUT2D eigenvalue weighted by Crippen LogP contribution is 2.34. The van der Waals surface area contributed by atoms with Crippen molar-refractivity contribution in [2.24, 2.45) is 0 Å². The van der Waals surface area contributed by atoms with Crippen LogP contribution >= 0.6 is 22.7 Å². The molecule has 0 bridgehead atoms. The van der Waals surface area contributed by atoms with Gasteiger partial charge in [0, 0.05) is 13.1 Å². The highest BCUT2D eigenvalue weighted by molar-refractivity contribution is 7.26. The average molecular weight is 328 g/mol. The summed E-state index contributed by atoms with van der Waals surface area (Å²) in [6.45, 7) is 1.79. The molecule has 1 amide bonds. The van der Waals surface area contributed by atoms with Crippen LogP contribution < -0.4 is 0 Å². The molecule has 0 radical (unpaired) electrons. The normalized spacial score (nSPS) is 15.4. The van der Waals surface area contributed by atoms with E-state index in [9.17, 15) is 4.79 Å². The number of thiazole rings is 1. The van der Waals surface area contributed by atoms with Gasteiger partial charge in [-0.05, 0) is 43.5 Å². The molecule has 0 spiro atoms. The van der Waals surface area contributed by atoms with Crippen LogP contribution in [0.2, 0.25) is 0 Å². The van der Waals surface area contributed by atoms with Gasteiger partial charge < -0.3 is 4.90 Å². The number of thiophene rings is 1. The van der Waals surface area contributed by atoms with Gasteiger partial charge in [-0.25, -0.2) is 4.98 Å². The number of piperidine rings is 1. The zero-order chi connectivity index (χ0) is 14.9. The number of para-hydroxylation sites is 1. The Morgan fingerprint density at radius 3 is 2.64 bits per heavy atom. The predicted octanol–water partition coefficient (Wildman–Crippen LogP) is 4.65. The van der Waals surface area contributed by atoms with Crippen LogP contribution in [0, 0.1) is 0 Å². The molecule has 112 valence electrons. The van der Waals surface area contributed by atoms with Crippen molar-refractivity contribution < 1.29 is 4.79 Å². The Morgan fingerprint density at radius 2 is 1.82 bits per heavy atom. The highest BCUT2D eigenvalue weighted by Gasteiger charge is 2.20. The maximum Gasteiger partial charge on any atom is 0.263 e. The van der Waals surface area contributed by atoms with Gasteiger partial charge in [0.05, 0.1) is 20.0 Å². The van der Waals surface area contributed by atoms with Gasteiger partial charge >= 0.3 is 0 Å². The molecular formula is C17H16N2OS2. The molecule has 1 aliphatic heterocycles. The second-order valence-electron chi connectivity index (χ2n) is 5.50. The second-order valence-corrected chi connectivity index (χ2v) is 7.62. The van der Waals surface area contributed by atoms with Crippen molar-refractivity contribution in [2.45, 2.75) is 19.3 Å². The number of carbonyl (C=O) groups excluding carboxylic acids is 1. The Labute approximate surface area is 137 Å². The van der Waals surface area contributed by atoms with Gasteiger partial charge in [0.1, 0.15) is 5.01 Å². The minimum Gasteiger partial charge on any atom is -0.338 e. The van der Waals surface area contributed by atoms with Crippen LogP contribution in [0.3, 0.4) is 0 Å². The van der Waals surface area contributed by atoms with Crippen molar-refractivity contribution >= 4 is 38.8 Å². The molecule has 0 N–H and O–H groups in total. The van der Waals surface area contributed by atoms with Crippen molar-refractivity contribution in [2.75, 3.05) is 13.1 Å². The molecule has 3 aromatic rings. The van der Waals surface area contributed by atoms with E-state index in [1.165, 1.54) is 11.1 Å². The van der Waals surface area contributed by atoms with E-state index in [0.717, 1.165) is 46.2 Å². The fraction of sp³-hybridized carbons (Fsp3) is 0.294. The third-order valence-electron chi connectivity index (χ3n) is 3.96. The van der Waals surface area contributed by atoms with Crippen LogP contribution in [0.5, 0.6) is 0 Å². The SMILES string of the molecule is O=C(c1ccc(-c2nc3ccccc3s2)s1)N1CCCCC1. The number of rotatable bonds is 2. The summed E-state index contributed by atoms with van der Waals surface area (Å²) >= 11 is 3.25. The number of nitrogens with zero attached hydrogens (tertiary/aromatic N) is 2. The van der Waals surface area contributed by atoms with E-state index >= 15 is 0 Å². The molecule has 4 rings (SSSR count). The number of hydrogen-bond donors (Lipinski definition) is 0. The molecule has 1 aromatic carbocycles. The Kier molecular flexibility index (Phi) is 3.68. The molecular weight excluding hydrogens is 312 g/mol. The molecule has 1 fully saturated rings. The molecule has 0 saturated carbocycles. The quantitative estimate of drug-likeness (QED) is 0.686. The summed E-state index contributed by atoms with van der Waals surface area (Å²) in [7, 11) is 0. The van der Waals surface area contributed by atoms with E-state index in [2.05, 4.69) is 11.1 Å². The molecule has 0 unspecified atom stereocenters. The van der Waals surface area contributed by atoms with Crippen molar-refractivity contribution in [3.63, 3.8) is 0 Å². The predicted molar refractivity (Wildman–Crippen MR) is 92.7 cm³/mol. The average Bonchev–Trinajstić information content (AvgIpc) is 3.21. The molecule has 1 aliphatic rings. The maximum atomic E-state index is 12.5. The monoisotopic (exact) mass is 328 g/mol. The second kappa shape index (κ2) is 5.82. The summed E-state index contributed by atoms with van der Waals surface area (Å²) in [4.78, 5) is 21.1. The van der Waals surface area contributed by atoms with Crippen LogP contribution in [0.25, 0.3) is 20.1 Å². The van der Waals surface area contributed by atoms with Gasteiger partial charge in [-0.1, -0.05) is 12.1 Å². The number of fused-ring (bicyclic) bond motifs is 1. The summed E-state index contributed by atoms with van der Waals surface area (Å²) in [5.41, 5.74) is 1.03. The van der Waals surface area contributed by atoms with Crippen LogP contribution in [0.4, 0.5) is 0 Å². The van der Waals surface area contributed by atoms with E-state index in [0.29, 0.717) is 0 Å². The number of aromatic nitrogens is 1. The van der Waals surface area contributed by atoms with Crippen LogP contribution in [-0.2, 0) is 0 Å². The van der Waals surface area contributed by atoms with Gasteiger partial charge in [-0.2, -0.15) is 0 Å². The summed E-state index contributed by atoms with van der Waals surface area (Å²) in [5, 5.41) is 1.00. The Morgan fingerprint density at radius 1 is 1.00 bits per heavy atom. The number of carbonyl (C=O) groups is 1. The number of amides is 1. The molecule has 0 aliphatic carbocycles. The number of hydrogen-bond acceptors (Lipinski definition) is 4. The largest absolute Gasteiger partial charge is 0.338 e. The van der Waals surface area contributed by atoms with Gasteiger partial charge in [0.15, 0.2) is 0 Å². The van der Waals surface area contributed by atoms with E-state index in [-0.39, 0.29) is 5.91 Å². The summed E-state index contributed by atoms with van der Waals surface area (Å²) in [5.74, 6) is 0.178. The van der Waals surface area contributed by atoms with Crippen LogP contribution in [0.15, 0.2) is 36.4 Å². The standard InChI is InChI=1S/C17H16N2OS2/c20-17(19-10-4-1-5-11-19)15-9-8-14(21-15)16-18-12-6-2-3-7-13(12)22-16/h2-3,6-9H,1,4-5,10-11H2. The van der Waals surface area contributed by atoms with Crippen LogP contribution in [0.1, 0.15) is 28.9 Å². The molecule has 5 heteroatoms. The third kappa shape index (κ3) is 2.55. The zero-order valence-corrected chi connectivity index (χ0v) is 13.8.